The van der Waals surface area contributed by atoms with Gasteiger partial charge in [-0.05, 0) is 31.1 Å². The third-order valence-corrected chi connectivity index (χ3v) is 6.21. The number of carbonyl (C=O) groups excluding carboxylic acids is 2. The fourth-order valence-corrected chi connectivity index (χ4v) is 4.14. The first kappa shape index (κ1) is 22.1. The minimum Gasteiger partial charge on any atom is -0.352 e. The lowest BCUT2D eigenvalue weighted by Gasteiger charge is -2.33. The lowest BCUT2D eigenvalue weighted by atomic mass is 10.1. The molecule has 2 heterocycles. The summed E-state index contributed by atoms with van der Waals surface area (Å²) in [5, 5.41) is 7.83. The third kappa shape index (κ3) is 5.43. The number of hydrogen-bond donors (Lipinski definition) is 1. The number of hydrogen-bond acceptors (Lipinski definition) is 4. The third-order valence-electron chi connectivity index (χ3n) is 6.21. The van der Waals surface area contributed by atoms with Crippen LogP contribution in [0.3, 0.4) is 0 Å². The molecule has 2 aromatic carbocycles. The molecule has 0 spiro atoms. The quantitative estimate of drug-likeness (QED) is 0.556. The van der Waals surface area contributed by atoms with Gasteiger partial charge in [0, 0.05) is 55.6 Å². The number of para-hydroxylation sites is 1. The number of amides is 2. The van der Waals surface area contributed by atoms with Crippen molar-refractivity contribution >= 4 is 17.9 Å². The summed E-state index contributed by atoms with van der Waals surface area (Å²) in [6.45, 7) is 3.06. The van der Waals surface area contributed by atoms with Gasteiger partial charge < -0.3 is 10.2 Å². The Balaban J connectivity index is 1.25. The molecule has 2 fully saturated rings. The molecule has 1 saturated carbocycles. The molecule has 0 atom stereocenters. The van der Waals surface area contributed by atoms with E-state index in [9.17, 15) is 9.59 Å². The Hall–Kier alpha value is -3.71. The fourth-order valence-electron chi connectivity index (χ4n) is 4.14. The highest BCUT2D eigenvalue weighted by atomic mass is 16.2. The minimum atomic E-state index is -0.0199. The van der Waals surface area contributed by atoms with E-state index >= 15 is 0 Å². The van der Waals surface area contributed by atoms with Crippen molar-refractivity contribution in [1.82, 2.24) is 24.9 Å². The molecule has 0 bridgehead atoms. The summed E-state index contributed by atoms with van der Waals surface area (Å²) in [5.74, 6) is 0.0691. The molecule has 2 aliphatic rings. The highest BCUT2D eigenvalue weighted by Gasteiger charge is 2.26. The van der Waals surface area contributed by atoms with Gasteiger partial charge >= 0.3 is 0 Å². The molecule has 0 unspecified atom stereocenters. The van der Waals surface area contributed by atoms with Crippen LogP contribution >= 0.6 is 0 Å². The first-order chi connectivity index (χ1) is 16.7. The summed E-state index contributed by atoms with van der Waals surface area (Å²) in [4.78, 5) is 28.9. The Labute approximate surface area is 199 Å². The van der Waals surface area contributed by atoms with Crippen molar-refractivity contribution in [3.05, 3.63) is 78.5 Å². The second-order valence-electron chi connectivity index (χ2n) is 8.86. The van der Waals surface area contributed by atoms with Crippen LogP contribution in [0.15, 0.2) is 72.9 Å². The summed E-state index contributed by atoms with van der Waals surface area (Å²) in [6, 6.07) is 20.3. The van der Waals surface area contributed by atoms with Crippen LogP contribution in [0.4, 0.5) is 0 Å². The van der Waals surface area contributed by atoms with Crippen LogP contribution in [0.2, 0.25) is 0 Å². The van der Waals surface area contributed by atoms with Gasteiger partial charge in [0.2, 0.25) is 11.8 Å². The van der Waals surface area contributed by atoms with Crippen LogP contribution in [-0.2, 0) is 9.59 Å². The predicted molar refractivity (Wildman–Crippen MR) is 132 cm³/mol. The lowest BCUT2D eigenvalue weighted by molar-refractivity contribution is -0.128. The molecule has 0 radical (unpaired) electrons. The van der Waals surface area contributed by atoms with E-state index in [1.807, 2.05) is 82.5 Å². The Bertz CT molecular complexity index is 1160. The average molecular weight is 456 g/mol. The number of piperazine rings is 1. The van der Waals surface area contributed by atoms with E-state index in [1.54, 1.807) is 6.08 Å². The largest absolute Gasteiger partial charge is 0.352 e. The summed E-state index contributed by atoms with van der Waals surface area (Å²) in [7, 11) is 0. The summed E-state index contributed by atoms with van der Waals surface area (Å²) in [5.41, 5.74) is 3.69. The Kier molecular flexibility index (Phi) is 6.53. The molecule has 1 aromatic heterocycles. The Morgan fingerprint density at radius 1 is 0.941 bits per heavy atom. The Morgan fingerprint density at radius 2 is 1.62 bits per heavy atom. The van der Waals surface area contributed by atoms with Gasteiger partial charge in [-0.3, -0.25) is 14.5 Å². The van der Waals surface area contributed by atoms with Crippen LogP contribution < -0.4 is 5.32 Å². The van der Waals surface area contributed by atoms with Crippen LogP contribution in [0.1, 0.15) is 18.4 Å². The summed E-state index contributed by atoms with van der Waals surface area (Å²) >= 11 is 0. The van der Waals surface area contributed by atoms with E-state index in [2.05, 4.69) is 10.2 Å². The summed E-state index contributed by atoms with van der Waals surface area (Å²) < 4.78 is 1.85. The van der Waals surface area contributed by atoms with E-state index in [0.717, 1.165) is 35.3 Å². The molecule has 3 aromatic rings. The van der Waals surface area contributed by atoms with Crippen molar-refractivity contribution in [2.45, 2.75) is 18.9 Å². The van der Waals surface area contributed by atoms with Gasteiger partial charge in [0.05, 0.1) is 17.9 Å². The monoisotopic (exact) mass is 455 g/mol. The van der Waals surface area contributed by atoms with E-state index in [0.29, 0.717) is 38.8 Å². The van der Waals surface area contributed by atoms with E-state index in [-0.39, 0.29) is 11.8 Å². The predicted octanol–water partition coefficient (Wildman–Crippen LogP) is 2.98. The topological polar surface area (TPSA) is 70.5 Å². The normalized spacial score (nSPS) is 16.6. The van der Waals surface area contributed by atoms with Gasteiger partial charge in [-0.2, -0.15) is 5.10 Å². The smallest absolute Gasteiger partial charge is 0.246 e. The van der Waals surface area contributed by atoms with E-state index in [4.69, 9.17) is 5.10 Å². The molecular formula is C27H29N5O2. The lowest BCUT2D eigenvalue weighted by Crippen LogP contribution is -2.51. The van der Waals surface area contributed by atoms with Crippen molar-refractivity contribution in [2.75, 3.05) is 32.7 Å². The molecule has 7 nitrogen and oxygen atoms in total. The number of aromatic nitrogens is 2. The molecule has 1 saturated heterocycles. The molecule has 1 N–H and O–H groups in total. The zero-order valence-corrected chi connectivity index (χ0v) is 19.1. The number of benzene rings is 2. The average Bonchev–Trinajstić information content (AvgIpc) is 3.58. The summed E-state index contributed by atoms with van der Waals surface area (Å²) in [6.07, 6.45) is 7.63. The van der Waals surface area contributed by atoms with Gasteiger partial charge in [-0.15, -0.1) is 0 Å². The van der Waals surface area contributed by atoms with Crippen LogP contribution in [0, 0.1) is 0 Å². The van der Waals surface area contributed by atoms with Crippen LogP contribution in [-0.4, -0.2) is 70.2 Å². The molecule has 174 valence electrons. The van der Waals surface area contributed by atoms with Gasteiger partial charge in [-0.25, -0.2) is 4.68 Å². The number of nitrogens with zero attached hydrogens (tertiary/aromatic N) is 4. The van der Waals surface area contributed by atoms with Crippen molar-refractivity contribution in [1.29, 1.82) is 0 Å². The molecule has 7 heteroatoms. The molecule has 34 heavy (non-hydrogen) atoms. The number of rotatable bonds is 7. The van der Waals surface area contributed by atoms with Crippen molar-refractivity contribution in [2.24, 2.45) is 0 Å². The van der Waals surface area contributed by atoms with Crippen LogP contribution in [0.25, 0.3) is 23.0 Å². The second-order valence-corrected chi connectivity index (χ2v) is 8.86. The van der Waals surface area contributed by atoms with E-state index in [1.165, 1.54) is 0 Å². The van der Waals surface area contributed by atoms with Crippen molar-refractivity contribution < 1.29 is 9.59 Å². The molecular weight excluding hydrogens is 426 g/mol. The maximum atomic E-state index is 12.9. The van der Waals surface area contributed by atoms with Crippen LogP contribution in [0.5, 0.6) is 0 Å². The zero-order valence-electron chi connectivity index (χ0n) is 19.1. The SMILES string of the molecule is O=C(CN1CCN(C(=O)/C=C/c2cn(-c3ccccc3)nc2-c2ccccc2)CC1)NC1CC1. The maximum Gasteiger partial charge on any atom is 0.246 e. The maximum absolute atomic E-state index is 12.9. The fraction of sp³-hybridized carbons (Fsp3) is 0.296. The van der Waals surface area contributed by atoms with E-state index < -0.39 is 0 Å². The zero-order chi connectivity index (χ0) is 23.3. The van der Waals surface area contributed by atoms with Crippen molar-refractivity contribution in [3.63, 3.8) is 0 Å². The molecule has 1 aliphatic carbocycles. The van der Waals surface area contributed by atoms with Gasteiger partial charge in [-0.1, -0.05) is 48.5 Å². The first-order valence-corrected chi connectivity index (χ1v) is 11.8. The number of carbonyl (C=O) groups is 2. The molecule has 2 amide bonds. The second kappa shape index (κ2) is 10.1. The van der Waals surface area contributed by atoms with Gasteiger partial charge in [0.1, 0.15) is 0 Å². The minimum absolute atomic E-state index is 0.0199. The van der Waals surface area contributed by atoms with Gasteiger partial charge in [0.15, 0.2) is 0 Å². The first-order valence-electron chi connectivity index (χ1n) is 11.8. The highest BCUT2D eigenvalue weighted by molar-refractivity contribution is 5.93. The number of nitrogens with one attached hydrogen (secondary N) is 1. The standard InChI is InChI=1S/C27H29N5O2/c33-25(28-23-12-13-23)20-30-15-17-31(18-16-30)26(34)14-11-22-19-32(24-9-5-2-6-10-24)29-27(22)21-7-3-1-4-8-21/h1-11,14,19,23H,12-13,15-18,20H2,(H,28,33)/b14-11+. The molecule has 1 aliphatic heterocycles. The van der Waals surface area contributed by atoms with Gasteiger partial charge in [0.25, 0.3) is 0 Å². The Morgan fingerprint density at radius 3 is 2.29 bits per heavy atom. The highest BCUT2D eigenvalue weighted by Crippen LogP contribution is 2.25. The van der Waals surface area contributed by atoms with Crippen molar-refractivity contribution in [3.8, 4) is 16.9 Å². The molecule has 5 rings (SSSR count).